The highest BCUT2D eigenvalue weighted by Crippen LogP contribution is 2.33. The highest BCUT2D eigenvalue weighted by atomic mass is 32.2. The third kappa shape index (κ3) is 3.06. The van der Waals surface area contributed by atoms with Crippen LogP contribution in [0.3, 0.4) is 0 Å². The van der Waals surface area contributed by atoms with Crippen LogP contribution in [0.2, 0.25) is 0 Å². The lowest BCUT2D eigenvalue weighted by Crippen LogP contribution is -2.05. The lowest BCUT2D eigenvalue weighted by atomic mass is 10.1. The highest BCUT2D eigenvalue weighted by molar-refractivity contribution is 7.91. The Morgan fingerprint density at radius 2 is 1.13 bits per heavy atom. The van der Waals surface area contributed by atoms with Crippen molar-refractivity contribution in [1.29, 1.82) is 0 Å². The Morgan fingerprint density at radius 3 is 1.43 bits per heavy atom. The van der Waals surface area contributed by atoms with Gasteiger partial charge in [-0.3, -0.25) is 0 Å². The number of rotatable bonds is 4. The molecule has 0 bridgehead atoms. The average molecular weight is 334 g/mol. The summed E-state index contributed by atoms with van der Waals surface area (Å²) in [5.41, 5.74) is 2.29. The summed E-state index contributed by atoms with van der Waals surface area (Å²) in [6, 6.07) is 6.01. The van der Waals surface area contributed by atoms with E-state index in [-0.39, 0.29) is 21.3 Å². The minimum absolute atomic E-state index is 0.141. The Labute approximate surface area is 137 Å². The van der Waals surface area contributed by atoms with Crippen molar-refractivity contribution in [2.45, 2.75) is 50.3 Å². The first-order chi connectivity index (χ1) is 10.7. The van der Waals surface area contributed by atoms with Crippen LogP contribution in [0.1, 0.15) is 36.1 Å². The van der Waals surface area contributed by atoms with Crippen molar-refractivity contribution in [3.8, 4) is 11.5 Å². The van der Waals surface area contributed by atoms with E-state index in [2.05, 4.69) is 0 Å². The Kier molecular flexibility index (Phi) is 4.71. The van der Waals surface area contributed by atoms with E-state index in [9.17, 15) is 18.6 Å². The van der Waals surface area contributed by atoms with Gasteiger partial charge in [0.25, 0.3) is 0 Å². The number of aromatic hydroxyl groups is 2. The van der Waals surface area contributed by atoms with Crippen molar-refractivity contribution in [3.63, 3.8) is 0 Å². The maximum absolute atomic E-state index is 12.9. The van der Waals surface area contributed by atoms with Crippen molar-refractivity contribution in [2.24, 2.45) is 0 Å². The molecule has 0 aromatic heterocycles. The first kappa shape index (κ1) is 17.3. The predicted molar refractivity (Wildman–Crippen MR) is 89.9 cm³/mol. The first-order valence-electron chi connectivity index (χ1n) is 7.62. The van der Waals surface area contributed by atoms with Gasteiger partial charge in [0.1, 0.15) is 11.5 Å². The fourth-order valence-corrected chi connectivity index (χ4v) is 4.15. The van der Waals surface area contributed by atoms with Gasteiger partial charge < -0.3 is 10.2 Å². The summed E-state index contributed by atoms with van der Waals surface area (Å²) in [5, 5.41) is 20.0. The second-order valence-electron chi connectivity index (χ2n) is 5.71. The van der Waals surface area contributed by atoms with Crippen LogP contribution in [0.4, 0.5) is 0 Å². The summed E-state index contributed by atoms with van der Waals surface area (Å²) in [5.74, 6) is 0.283. The molecular formula is C18H22O4S. The van der Waals surface area contributed by atoms with Gasteiger partial charge in [0.2, 0.25) is 9.84 Å². The number of phenolic OH excluding ortho intramolecular Hbond substituents is 2. The minimum Gasteiger partial charge on any atom is -0.507 e. The molecule has 0 saturated carbocycles. The molecule has 2 N–H and O–H groups in total. The fraction of sp³-hybridized carbons (Fsp3) is 0.333. The topological polar surface area (TPSA) is 74.6 Å². The number of benzene rings is 2. The van der Waals surface area contributed by atoms with Crippen molar-refractivity contribution in [1.82, 2.24) is 0 Å². The number of sulfone groups is 1. The Balaban J connectivity index is 2.68. The summed E-state index contributed by atoms with van der Waals surface area (Å²) in [6.45, 7) is 7.11. The number of hydrogen-bond acceptors (Lipinski definition) is 4. The molecule has 5 heteroatoms. The van der Waals surface area contributed by atoms with Gasteiger partial charge >= 0.3 is 0 Å². The second kappa shape index (κ2) is 6.24. The van der Waals surface area contributed by atoms with Crippen LogP contribution in [0.15, 0.2) is 34.1 Å². The van der Waals surface area contributed by atoms with Crippen LogP contribution in [-0.2, 0) is 22.7 Å². The van der Waals surface area contributed by atoms with Crippen molar-refractivity contribution in [2.75, 3.05) is 0 Å². The van der Waals surface area contributed by atoms with Crippen molar-refractivity contribution < 1.29 is 18.6 Å². The molecule has 4 nitrogen and oxygen atoms in total. The van der Waals surface area contributed by atoms with Gasteiger partial charge in [-0.15, -0.1) is 0 Å². The fourth-order valence-electron chi connectivity index (χ4n) is 2.62. The Bertz CT molecular complexity index is 786. The van der Waals surface area contributed by atoms with E-state index in [4.69, 9.17) is 0 Å². The summed E-state index contributed by atoms with van der Waals surface area (Å²) in [7, 11) is -3.70. The van der Waals surface area contributed by atoms with Gasteiger partial charge in [-0.2, -0.15) is 0 Å². The normalized spacial score (nSPS) is 11.7. The van der Waals surface area contributed by atoms with Gasteiger partial charge in [0.05, 0.1) is 9.79 Å². The van der Waals surface area contributed by atoms with Gasteiger partial charge in [-0.1, -0.05) is 13.8 Å². The first-order valence-corrected chi connectivity index (χ1v) is 9.10. The maximum atomic E-state index is 12.9. The maximum Gasteiger partial charge on any atom is 0.206 e. The number of hydrogen-bond donors (Lipinski definition) is 2. The third-order valence-corrected chi connectivity index (χ3v) is 5.80. The molecule has 0 amide bonds. The third-order valence-electron chi connectivity index (χ3n) is 4.09. The molecular weight excluding hydrogens is 312 g/mol. The zero-order valence-electron chi connectivity index (χ0n) is 13.8. The van der Waals surface area contributed by atoms with E-state index in [0.29, 0.717) is 35.1 Å². The number of aryl methyl sites for hydroxylation is 4. The molecule has 0 aliphatic carbocycles. The molecule has 0 radical (unpaired) electrons. The molecule has 2 aromatic carbocycles. The molecule has 0 saturated heterocycles. The molecule has 2 aromatic rings. The van der Waals surface area contributed by atoms with Crippen LogP contribution in [0.5, 0.6) is 11.5 Å². The quantitative estimate of drug-likeness (QED) is 0.894. The summed E-state index contributed by atoms with van der Waals surface area (Å²) in [6.07, 6.45) is 1.09. The summed E-state index contributed by atoms with van der Waals surface area (Å²) >= 11 is 0. The molecule has 0 aliphatic rings. The zero-order valence-corrected chi connectivity index (χ0v) is 14.7. The number of phenols is 2. The van der Waals surface area contributed by atoms with Gasteiger partial charge in [0, 0.05) is 0 Å². The van der Waals surface area contributed by atoms with Crippen LogP contribution in [0.25, 0.3) is 0 Å². The van der Waals surface area contributed by atoms with E-state index in [1.807, 2.05) is 13.8 Å². The highest BCUT2D eigenvalue weighted by Gasteiger charge is 2.22. The van der Waals surface area contributed by atoms with E-state index in [1.165, 1.54) is 24.3 Å². The van der Waals surface area contributed by atoms with E-state index >= 15 is 0 Å². The van der Waals surface area contributed by atoms with Crippen LogP contribution >= 0.6 is 0 Å². The van der Waals surface area contributed by atoms with E-state index in [1.54, 1.807) is 13.8 Å². The molecule has 0 atom stereocenters. The predicted octanol–water partition coefficient (Wildman–Crippen LogP) is 3.67. The molecule has 23 heavy (non-hydrogen) atoms. The lowest BCUT2D eigenvalue weighted by Gasteiger charge is -2.13. The monoisotopic (exact) mass is 334 g/mol. The van der Waals surface area contributed by atoms with Crippen LogP contribution in [-0.4, -0.2) is 18.6 Å². The van der Waals surface area contributed by atoms with Gasteiger partial charge in [-0.25, -0.2) is 8.42 Å². The zero-order chi connectivity index (χ0) is 17.4. The van der Waals surface area contributed by atoms with Gasteiger partial charge in [0.15, 0.2) is 0 Å². The lowest BCUT2D eigenvalue weighted by molar-refractivity contribution is 0.463. The smallest absolute Gasteiger partial charge is 0.206 e. The molecule has 0 heterocycles. The van der Waals surface area contributed by atoms with Crippen LogP contribution < -0.4 is 0 Å². The van der Waals surface area contributed by atoms with Crippen molar-refractivity contribution >= 4 is 9.84 Å². The molecule has 0 fully saturated rings. The van der Waals surface area contributed by atoms with E-state index in [0.717, 1.165) is 0 Å². The standard InChI is InChI=1S/C18H22O4S/c1-5-13-9-15(7-11(3)17(13)19)23(21,22)16-8-12(4)18(20)14(6-2)10-16/h7-10,19-20H,5-6H2,1-4H3. The Morgan fingerprint density at radius 1 is 0.783 bits per heavy atom. The molecule has 0 aliphatic heterocycles. The largest absolute Gasteiger partial charge is 0.507 e. The molecule has 0 spiro atoms. The second-order valence-corrected chi connectivity index (χ2v) is 7.66. The minimum atomic E-state index is -3.70. The van der Waals surface area contributed by atoms with Crippen LogP contribution in [0, 0.1) is 13.8 Å². The SMILES string of the molecule is CCc1cc(S(=O)(=O)c2cc(C)c(O)c(CC)c2)cc(C)c1O. The van der Waals surface area contributed by atoms with E-state index < -0.39 is 9.84 Å². The molecule has 0 unspecified atom stereocenters. The van der Waals surface area contributed by atoms with Crippen molar-refractivity contribution in [3.05, 3.63) is 46.5 Å². The molecule has 124 valence electrons. The summed E-state index contributed by atoms with van der Waals surface area (Å²) in [4.78, 5) is 0.327. The summed E-state index contributed by atoms with van der Waals surface area (Å²) < 4.78 is 25.9. The Hall–Kier alpha value is -2.01. The average Bonchev–Trinajstić information content (AvgIpc) is 2.52. The van der Waals surface area contributed by atoms with Gasteiger partial charge in [-0.05, 0) is 73.2 Å². The molecule has 2 rings (SSSR count).